The molecule has 0 spiro atoms. The van der Waals surface area contributed by atoms with Gasteiger partial charge in [-0.1, -0.05) is 12.1 Å². The van der Waals surface area contributed by atoms with Crippen LogP contribution in [0.25, 0.3) is 11.3 Å². The summed E-state index contributed by atoms with van der Waals surface area (Å²) in [4.78, 5) is 17.6. The molecule has 0 atom stereocenters. The fourth-order valence-electron chi connectivity index (χ4n) is 1.63. The molecular weight excluding hydrogens is 284 g/mol. The van der Waals surface area contributed by atoms with E-state index in [2.05, 4.69) is 9.97 Å². The molecule has 8 nitrogen and oxygen atoms in total. The molecule has 1 aromatic carbocycles. The lowest BCUT2D eigenvalue weighted by Crippen LogP contribution is -2.06. The number of hydrogen-bond acceptors (Lipinski definition) is 7. The maximum Gasteiger partial charge on any atom is 0.270 e. The van der Waals surface area contributed by atoms with Gasteiger partial charge in [0.05, 0.1) is 16.8 Å². The molecule has 9 heteroatoms. The zero-order valence-corrected chi connectivity index (χ0v) is 11.2. The fourth-order valence-corrected chi connectivity index (χ4v) is 2.39. The van der Waals surface area contributed by atoms with Crippen molar-refractivity contribution in [1.82, 2.24) is 9.97 Å². The summed E-state index contributed by atoms with van der Waals surface area (Å²) >= 11 is 0. The molecule has 0 aliphatic rings. The van der Waals surface area contributed by atoms with E-state index in [9.17, 15) is 18.5 Å². The van der Waals surface area contributed by atoms with Gasteiger partial charge < -0.3 is 5.73 Å². The summed E-state index contributed by atoms with van der Waals surface area (Å²) in [7, 11) is -3.58. The second-order valence-corrected chi connectivity index (χ2v) is 6.00. The summed E-state index contributed by atoms with van der Waals surface area (Å²) in [5.41, 5.74) is 5.62. The minimum atomic E-state index is -3.58. The van der Waals surface area contributed by atoms with Crippen LogP contribution in [0.2, 0.25) is 0 Å². The second-order valence-electron chi connectivity index (χ2n) is 4.02. The lowest BCUT2D eigenvalue weighted by molar-refractivity contribution is -0.384. The van der Waals surface area contributed by atoms with Crippen molar-refractivity contribution in [2.24, 2.45) is 0 Å². The molecule has 0 aliphatic heterocycles. The van der Waals surface area contributed by atoms with E-state index in [1.54, 1.807) is 0 Å². The normalized spacial score (nSPS) is 11.2. The SMILES string of the molecule is CS(=O)(=O)c1cnc(N)nc1-c1cccc([N+](=O)[O-])c1. The number of nitrogens with two attached hydrogens (primary N) is 1. The van der Waals surface area contributed by atoms with Crippen LogP contribution >= 0.6 is 0 Å². The maximum absolute atomic E-state index is 11.7. The van der Waals surface area contributed by atoms with E-state index in [-0.39, 0.29) is 27.8 Å². The van der Waals surface area contributed by atoms with Gasteiger partial charge in [-0.2, -0.15) is 0 Å². The van der Waals surface area contributed by atoms with Crippen molar-refractivity contribution in [3.05, 3.63) is 40.6 Å². The highest BCUT2D eigenvalue weighted by Gasteiger charge is 2.19. The van der Waals surface area contributed by atoms with Crippen LogP contribution in [0.5, 0.6) is 0 Å². The number of benzene rings is 1. The van der Waals surface area contributed by atoms with Gasteiger partial charge in [-0.25, -0.2) is 18.4 Å². The van der Waals surface area contributed by atoms with Gasteiger partial charge in [0.2, 0.25) is 5.95 Å². The Kier molecular flexibility index (Phi) is 3.36. The van der Waals surface area contributed by atoms with Gasteiger partial charge in [-0.05, 0) is 0 Å². The predicted octanol–water partition coefficient (Wildman–Crippen LogP) is 1.04. The molecule has 0 unspecified atom stereocenters. The minimum Gasteiger partial charge on any atom is -0.368 e. The molecule has 0 saturated heterocycles. The average molecular weight is 294 g/mol. The number of anilines is 1. The Morgan fingerprint density at radius 1 is 1.35 bits per heavy atom. The van der Waals surface area contributed by atoms with Gasteiger partial charge >= 0.3 is 0 Å². The molecule has 0 aliphatic carbocycles. The monoisotopic (exact) mass is 294 g/mol. The number of nitrogens with zero attached hydrogens (tertiary/aromatic N) is 3. The molecule has 0 amide bonds. The Labute approximate surface area is 114 Å². The number of aromatic nitrogens is 2. The quantitative estimate of drug-likeness (QED) is 0.661. The van der Waals surface area contributed by atoms with Crippen LogP contribution in [0, 0.1) is 10.1 Å². The smallest absolute Gasteiger partial charge is 0.270 e. The van der Waals surface area contributed by atoms with Crippen LogP contribution in [-0.4, -0.2) is 29.6 Å². The van der Waals surface area contributed by atoms with E-state index in [1.807, 2.05) is 0 Å². The van der Waals surface area contributed by atoms with Gasteiger partial charge in [0, 0.05) is 24.0 Å². The third kappa shape index (κ3) is 2.72. The lowest BCUT2D eigenvalue weighted by Gasteiger charge is -2.07. The van der Waals surface area contributed by atoms with Crippen LogP contribution in [0.1, 0.15) is 0 Å². The van der Waals surface area contributed by atoms with Gasteiger partial charge in [0.1, 0.15) is 4.90 Å². The molecule has 2 N–H and O–H groups in total. The number of rotatable bonds is 3. The first-order valence-electron chi connectivity index (χ1n) is 5.36. The van der Waals surface area contributed by atoms with Gasteiger partial charge in [-0.3, -0.25) is 10.1 Å². The molecular formula is C11H10N4O4S. The highest BCUT2D eigenvalue weighted by molar-refractivity contribution is 7.90. The summed E-state index contributed by atoms with van der Waals surface area (Å²) < 4.78 is 23.4. The summed E-state index contributed by atoms with van der Waals surface area (Å²) in [6.07, 6.45) is 2.09. The molecule has 0 fully saturated rings. The number of nitro groups is 1. The van der Waals surface area contributed by atoms with Crippen molar-refractivity contribution in [3.8, 4) is 11.3 Å². The summed E-state index contributed by atoms with van der Waals surface area (Å²) in [6.45, 7) is 0. The van der Waals surface area contributed by atoms with Crippen molar-refractivity contribution in [2.75, 3.05) is 12.0 Å². The number of nitrogen functional groups attached to an aromatic ring is 1. The van der Waals surface area contributed by atoms with E-state index in [4.69, 9.17) is 5.73 Å². The maximum atomic E-state index is 11.7. The van der Waals surface area contributed by atoms with Crippen molar-refractivity contribution < 1.29 is 13.3 Å². The summed E-state index contributed by atoms with van der Waals surface area (Å²) in [6, 6.07) is 5.49. The van der Waals surface area contributed by atoms with E-state index in [0.29, 0.717) is 0 Å². The van der Waals surface area contributed by atoms with Crippen molar-refractivity contribution in [3.63, 3.8) is 0 Å². The molecule has 0 saturated carbocycles. The van der Waals surface area contributed by atoms with Crippen LogP contribution in [0.15, 0.2) is 35.4 Å². The second kappa shape index (κ2) is 4.85. The first kappa shape index (κ1) is 13.9. The summed E-state index contributed by atoms with van der Waals surface area (Å²) in [5.74, 6) is -0.112. The molecule has 104 valence electrons. The van der Waals surface area contributed by atoms with Crippen LogP contribution in [0.4, 0.5) is 11.6 Å². The van der Waals surface area contributed by atoms with Crippen molar-refractivity contribution in [1.29, 1.82) is 0 Å². The molecule has 2 rings (SSSR count). The number of sulfone groups is 1. The number of non-ortho nitro benzene ring substituents is 1. The Hall–Kier alpha value is -2.55. The molecule has 1 heterocycles. The molecule has 0 bridgehead atoms. The Morgan fingerprint density at radius 2 is 2.05 bits per heavy atom. The zero-order valence-electron chi connectivity index (χ0n) is 10.3. The van der Waals surface area contributed by atoms with Gasteiger partial charge in [-0.15, -0.1) is 0 Å². The predicted molar refractivity (Wildman–Crippen MR) is 71.6 cm³/mol. The average Bonchev–Trinajstić information content (AvgIpc) is 2.37. The molecule has 20 heavy (non-hydrogen) atoms. The topological polar surface area (TPSA) is 129 Å². The van der Waals surface area contributed by atoms with E-state index < -0.39 is 14.8 Å². The molecule has 0 radical (unpaired) electrons. The number of nitro benzene ring substituents is 1. The molecule has 1 aromatic heterocycles. The minimum absolute atomic E-state index is 0.0451. The molecule has 2 aromatic rings. The number of hydrogen-bond donors (Lipinski definition) is 1. The Bertz CT molecular complexity index is 789. The first-order valence-corrected chi connectivity index (χ1v) is 7.25. The van der Waals surface area contributed by atoms with E-state index in [0.717, 1.165) is 12.5 Å². The van der Waals surface area contributed by atoms with Crippen LogP contribution < -0.4 is 5.73 Å². The largest absolute Gasteiger partial charge is 0.368 e. The van der Waals surface area contributed by atoms with E-state index in [1.165, 1.54) is 24.3 Å². The Balaban J connectivity index is 2.72. The first-order chi connectivity index (χ1) is 9.29. The van der Waals surface area contributed by atoms with E-state index >= 15 is 0 Å². The fraction of sp³-hybridized carbons (Fsp3) is 0.0909. The van der Waals surface area contributed by atoms with Gasteiger partial charge in [0.15, 0.2) is 9.84 Å². The van der Waals surface area contributed by atoms with Crippen LogP contribution in [0.3, 0.4) is 0 Å². The standard InChI is InChI=1S/C11H10N4O4S/c1-20(18,19)9-6-13-11(12)14-10(9)7-3-2-4-8(5-7)15(16)17/h2-6H,1H3,(H2,12,13,14). The van der Waals surface area contributed by atoms with Crippen molar-refractivity contribution >= 4 is 21.5 Å². The third-order valence-corrected chi connectivity index (χ3v) is 3.60. The highest BCUT2D eigenvalue weighted by Crippen LogP contribution is 2.28. The Morgan fingerprint density at radius 3 is 2.65 bits per heavy atom. The lowest BCUT2D eigenvalue weighted by atomic mass is 10.1. The zero-order chi connectivity index (χ0) is 14.9. The highest BCUT2D eigenvalue weighted by atomic mass is 32.2. The summed E-state index contributed by atoms with van der Waals surface area (Å²) in [5, 5.41) is 10.8. The van der Waals surface area contributed by atoms with Gasteiger partial charge in [0.25, 0.3) is 5.69 Å². The third-order valence-electron chi connectivity index (χ3n) is 2.50. The van der Waals surface area contributed by atoms with Crippen LogP contribution in [-0.2, 0) is 9.84 Å². The van der Waals surface area contributed by atoms with Crippen molar-refractivity contribution in [2.45, 2.75) is 4.90 Å².